The zero-order valence-corrected chi connectivity index (χ0v) is 18.8. The lowest BCUT2D eigenvalue weighted by Gasteiger charge is -2.04. The lowest BCUT2D eigenvalue weighted by molar-refractivity contribution is 0.284. The largest absolute Gasteiger partial charge is 0.397 e. The molecule has 0 spiro atoms. The van der Waals surface area contributed by atoms with Gasteiger partial charge in [-0.15, -0.1) is 5.11 Å². The first-order valence-corrected chi connectivity index (χ1v) is 12.8. The minimum atomic E-state index is -4.70. The molecule has 0 amide bonds. The van der Waals surface area contributed by atoms with E-state index in [0.717, 1.165) is 22.2 Å². The predicted octanol–water partition coefficient (Wildman–Crippen LogP) is 4.84. The maximum atomic E-state index is 12.3. The lowest BCUT2D eigenvalue weighted by Crippen LogP contribution is -2.15. The Morgan fingerprint density at radius 1 is 0.818 bits per heavy atom. The first-order chi connectivity index (χ1) is 15.7. The van der Waals surface area contributed by atoms with E-state index in [1.807, 2.05) is 54.6 Å². The van der Waals surface area contributed by atoms with E-state index in [9.17, 15) is 16.8 Å². The number of fused-ring (bicyclic) bond motifs is 1. The van der Waals surface area contributed by atoms with E-state index in [1.165, 1.54) is 24.3 Å². The van der Waals surface area contributed by atoms with Crippen molar-refractivity contribution in [3.8, 4) is 11.3 Å². The molecule has 0 aliphatic heterocycles. The molecule has 1 heterocycles. The van der Waals surface area contributed by atoms with Gasteiger partial charge in [0.1, 0.15) is 5.69 Å². The highest BCUT2D eigenvalue weighted by atomic mass is 32.3. The van der Waals surface area contributed by atoms with E-state index >= 15 is 0 Å². The molecule has 0 aliphatic rings. The molecule has 0 aliphatic carbocycles. The van der Waals surface area contributed by atoms with Crippen molar-refractivity contribution in [1.82, 2.24) is 4.98 Å². The van der Waals surface area contributed by atoms with Crippen LogP contribution in [0.2, 0.25) is 0 Å². The Morgan fingerprint density at radius 3 is 2.18 bits per heavy atom. The topological polar surface area (TPSA) is 138 Å². The predicted molar refractivity (Wildman–Crippen MR) is 124 cm³/mol. The van der Waals surface area contributed by atoms with Gasteiger partial charge in [0.05, 0.1) is 28.6 Å². The van der Waals surface area contributed by atoms with E-state index in [0.29, 0.717) is 11.4 Å². The summed E-state index contributed by atoms with van der Waals surface area (Å²) in [6.07, 6.45) is 0. The van der Waals surface area contributed by atoms with Gasteiger partial charge >= 0.3 is 10.4 Å². The lowest BCUT2D eigenvalue weighted by atomic mass is 10.1. The van der Waals surface area contributed by atoms with Gasteiger partial charge in [0.2, 0.25) is 0 Å². The second kappa shape index (κ2) is 9.24. The normalized spacial score (nSPS) is 12.5. The summed E-state index contributed by atoms with van der Waals surface area (Å²) in [6.45, 7) is -0.689. The number of aromatic nitrogens is 1. The van der Waals surface area contributed by atoms with Crippen molar-refractivity contribution in [2.24, 2.45) is 10.2 Å². The van der Waals surface area contributed by atoms with Crippen LogP contribution < -0.4 is 0 Å². The van der Waals surface area contributed by atoms with Crippen LogP contribution in [0.15, 0.2) is 94.0 Å². The van der Waals surface area contributed by atoms with Crippen LogP contribution >= 0.6 is 0 Å². The SMILES string of the molecule is O=S(=O)(O)OCCS(=O)(=O)c1ccc(N=Nc2c(-c3ccccc3)[nH]c3ccccc23)cc1. The Labute approximate surface area is 190 Å². The van der Waals surface area contributed by atoms with E-state index in [4.69, 9.17) is 4.55 Å². The van der Waals surface area contributed by atoms with Crippen LogP contribution in [-0.4, -0.2) is 38.7 Å². The van der Waals surface area contributed by atoms with Crippen molar-refractivity contribution in [2.75, 3.05) is 12.4 Å². The van der Waals surface area contributed by atoms with Crippen molar-refractivity contribution in [3.63, 3.8) is 0 Å². The van der Waals surface area contributed by atoms with Crippen LogP contribution in [0.3, 0.4) is 0 Å². The molecule has 0 radical (unpaired) electrons. The van der Waals surface area contributed by atoms with Crippen molar-refractivity contribution >= 4 is 42.5 Å². The smallest absolute Gasteiger partial charge is 0.353 e. The molecule has 3 aromatic carbocycles. The van der Waals surface area contributed by atoms with Gasteiger partial charge in [-0.1, -0.05) is 48.5 Å². The quantitative estimate of drug-likeness (QED) is 0.270. The highest BCUT2D eigenvalue weighted by Crippen LogP contribution is 2.38. The summed E-state index contributed by atoms with van der Waals surface area (Å²) in [5.74, 6) is -0.608. The number of sulfone groups is 1. The fourth-order valence-corrected chi connectivity index (χ4v) is 4.73. The minimum absolute atomic E-state index is 0.0301. The molecular weight excluding hydrogens is 466 g/mol. The molecule has 4 aromatic rings. The van der Waals surface area contributed by atoms with Gasteiger partial charge in [-0.05, 0) is 30.3 Å². The third kappa shape index (κ3) is 5.52. The van der Waals surface area contributed by atoms with Gasteiger partial charge in [-0.3, -0.25) is 4.55 Å². The summed E-state index contributed by atoms with van der Waals surface area (Å²) < 4.78 is 58.4. The van der Waals surface area contributed by atoms with E-state index in [2.05, 4.69) is 19.4 Å². The molecule has 0 atom stereocenters. The molecule has 2 N–H and O–H groups in total. The maximum absolute atomic E-state index is 12.3. The summed E-state index contributed by atoms with van der Waals surface area (Å²) >= 11 is 0. The van der Waals surface area contributed by atoms with Crippen LogP contribution in [0.25, 0.3) is 22.2 Å². The van der Waals surface area contributed by atoms with Gasteiger partial charge in [-0.25, -0.2) is 12.6 Å². The maximum Gasteiger partial charge on any atom is 0.397 e. The molecular formula is C22H19N3O6S2. The monoisotopic (exact) mass is 485 g/mol. The van der Waals surface area contributed by atoms with E-state index in [-0.39, 0.29) is 4.90 Å². The van der Waals surface area contributed by atoms with Gasteiger partial charge in [0, 0.05) is 16.5 Å². The first-order valence-electron chi connectivity index (χ1n) is 9.75. The number of azo groups is 1. The Bertz CT molecular complexity index is 1510. The average Bonchev–Trinajstić information content (AvgIpc) is 3.16. The number of rotatable bonds is 8. The molecule has 0 bridgehead atoms. The number of para-hydroxylation sites is 1. The highest BCUT2D eigenvalue weighted by Gasteiger charge is 2.17. The molecule has 0 saturated heterocycles. The van der Waals surface area contributed by atoms with E-state index < -0.39 is 32.6 Å². The Balaban J connectivity index is 1.59. The van der Waals surface area contributed by atoms with Crippen molar-refractivity contribution in [3.05, 3.63) is 78.9 Å². The minimum Gasteiger partial charge on any atom is -0.353 e. The fourth-order valence-electron chi connectivity index (χ4n) is 3.24. The summed E-state index contributed by atoms with van der Waals surface area (Å²) in [4.78, 5) is 3.34. The number of hydrogen-bond donors (Lipinski definition) is 2. The molecule has 0 saturated carbocycles. The van der Waals surface area contributed by atoms with Gasteiger partial charge in [0.15, 0.2) is 9.84 Å². The van der Waals surface area contributed by atoms with Crippen LogP contribution in [0.4, 0.5) is 11.4 Å². The molecule has 1 aromatic heterocycles. The van der Waals surface area contributed by atoms with Gasteiger partial charge in [0.25, 0.3) is 0 Å². The Kier molecular flexibility index (Phi) is 6.38. The average molecular weight is 486 g/mol. The van der Waals surface area contributed by atoms with Crippen LogP contribution in [0.5, 0.6) is 0 Å². The number of aromatic amines is 1. The fraction of sp³-hybridized carbons (Fsp3) is 0.0909. The summed E-state index contributed by atoms with van der Waals surface area (Å²) in [5, 5.41) is 9.62. The van der Waals surface area contributed by atoms with Gasteiger partial charge in [-0.2, -0.15) is 13.5 Å². The van der Waals surface area contributed by atoms with Crippen molar-refractivity contribution < 1.29 is 25.6 Å². The Morgan fingerprint density at radius 2 is 1.48 bits per heavy atom. The second-order valence-electron chi connectivity index (χ2n) is 7.02. The third-order valence-electron chi connectivity index (χ3n) is 4.79. The van der Waals surface area contributed by atoms with Crippen molar-refractivity contribution in [1.29, 1.82) is 0 Å². The summed E-state index contributed by atoms with van der Waals surface area (Å²) in [7, 11) is -8.51. The molecule has 11 heteroatoms. The number of nitrogens with zero attached hydrogens (tertiary/aromatic N) is 2. The van der Waals surface area contributed by atoms with Crippen LogP contribution in [0, 0.1) is 0 Å². The zero-order chi connectivity index (χ0) is 23.5. The molecule has 4 rings (SSSR count). The molecule has 9 nitrogen and oxygen atoms in total. The van der Waals surface area contributed by atoms with Gasteiger partial charge < -0.3 is 4.98 Å². The number of H-pyrrole nitrogens is 1. The molecule has 170 valence electrons. The second-order valence-corrected chi connectivity index (χ2v) is 10.2. The number of hydrogen-bond acceptors (Lipinski definition) is 7. The number of benzene rings is 3. The first kappa shape index (κ1) is 22.8. The zero-order valence-electron chi connectivity index (χ0n) is 17.1. The van der Waals surface area contributed by atoms with Crippen molar-refractivity contribution in [2.45, 2.75) is 4.90 Å². The molecule has 0 unspecified atom stereocenters. The van der Waals surface area contributed by atoms with E-state index in [1.54, 1.807) is 0 Å². The molecule has 0 fully saturated rings. The standard InChI is InChI=1S/C22H19N3O6S2/c26-32(27,15-14-31-33(28,29)30)18-12-10-17(11-13-18)24-25-22-19-8-4-5-9-20(19)23-21(22)16-6-2-1-3-7-16/h1-13,23H,14-15H2,(H,28,29,30). The van der Waals surface area contributed by atoms with Crippen LogP contribution in [0.1, 0.15) is 0 Å². The number of nitrogens with one attached hydrogen (secondary N) is 1. The summed E-state index contributed by atoms with van der Waals surface area (Å²) in [5.41, 5.74) is 3.79. The summed E-state index contributed by atoms with van der Waals surface area (Å²) in [6, 6.07) is 23.2. The highest BCUT2D eigenvalue weighted by molar-refractivity contribution is 7.91. The molecule has 33 heavy (non-hydrogen) atoms. The van der Waals surface area contributed by atoms with Crippen LogP contribution in [-0.2, 0) is 24.4 Å². The third-order valence-corrected chi connectivity index (χ3v) is 6.95. The Hall–Kier alpha value is -3.38.